The Kier molecular flexibility index (Phi) is 8.08. The Bertz CT molecular complexity index is 545. The van der Waals surface area contributed by atoms with Crippen LogP contribution >= 0.6 is 23.2 Å². The molecule has 1 atom stereocenters. The van der Waals surface area contributed by atoms with E-state index in [0.29, 0.717) is 23.2 Å². The molecule has 1 N–H and O–H groups in total. The number of aromatic nitrogens is 2. The van der Waals surface area contributed by atoms with Gasteiger partial charge in [0.15, 0.2) is 0 Å². The zero-order valence-electron chi connectivity index (χ0n) is 11.7. The first-order chi connectivity index (χ1) is 10.2. The molecular weight excluding hydrogens is 311 g/mol. The summed E-state index contributed by atoms with van der Waals surface area (Å²) in [5.74, 6) is 0. The van der Waals surface area contributed by atoms with Gasteiger partial charge in [0.2, 0.25) is 0 Å². The number of nitrogens with zero attached hydrogens (tertiary/aromatic N) is 2. The maximum Gasteiger partial charge on any atom is 0.102 e. The van der Waals surface area contributed by atoms with Crippen LogP contribution in [0.1, 0.15) is 11.7 Å². The maximum atomic E-state index is 7.00. The van der Waals surface area contributed by atoms with Crippen molar-refractivity contribution in [3.63, 3.8) is 0 Å². The molecule has 21 heavy (non-hydrogen) atoms. The van der Waals surface area contributed by atoms with E-state index in [1.807, 2.05) is 16.8 Å². The summed E-state index contributed by atoms with van der Waals surface area (Å²) in [5, 5.41) is 8.21. The van der Waals surface area contributed by atoms with Crippen LogP contribution in [-0.4, -0.2) is 28.4 Å². The first kappa shape index (κ1) is 17.7. The Labute approximate surface area is 134 Å². The van der Waals surface area contributed by atoms with Gasteiger partial charge in [-0.3, -0.25) is 0 Å². The second-order valence-electron chi connectivity index (χ2n) is 4.04. The number of rotatable bonds is 6. The predicted octanol–water partition coefficient (Wildman–Crippen LogP) is 3.74. The average Bonchev–Trinajstić information content (AvgIpc) is 2.99. The van der Waals surface area contributed by atoms with Crippen LogP contribution < -0.4 is 0 Å². The fourth-order valence-electron chi connectivity index (χ4n) is 1.77. The second kappa shape index (κ2) is 9.58. The van der Waals surface area contributed by atoms with E-state index >= 15 is 0 Å². The zero-order valence-corrected chi connectivity index (χ0v) is 13.3. The van der Waals surface area contributed by atoms with Gasteiger partial charge in [0.25, 0.3) is 0 Å². The van der Waals surface area contributed by atoms with Crippen molar-refractivity contribution >= 4 is 23.2 Å². The molecule has 2 rings (SSSR count). The molecule has 0 aliphatic rings. The van der Waals surface area contributed by atoms with Crippen LogP contribution in [-0.2, 0) is 11.3 Å². The monoisotopic (exact) mass is 328 g/mol. The molecule has 1 aromatic carbocycles. The standard InChI is InChI=1S/C14H14Cl2N2O.CH4O/c1-2-7-19-14(9-18-6-5-17-10-18)12-4-3-11(15)8-13(12)16;1-2/h2-6,8,10,14H,1,7,9H2;2H,1H3. The molecule has 6 heteroatoms. The van der Waals surface area contributed by atoms with Crippen LogP contribution in [0.25, 0.3) is 0 Å². The Morgan fingerprint density at radius 1 is 1.43 bits per heavy atom. The van der Waals surface area contributed by atoms with Crippen molar-refractivity contribution in [3.05, 3.63) is 65.2 Å². The van der Waals surface area contributed by atoms with Gasteiger partial charge in [0.05, 0.1) is 19.5 Å². The van der Waals surface area contributed by atoms with E-state index in [0.717, 1.165) is 12.7 Å². The fourth-order valence-corrected chi connectivity index (χ4v) is 2.30. The number of halogens is 2. The van der Waals surface area contributed by atoms with E-state index < -0.39 is 0 Å². The SMILES string of the molecule is C=CCOC(Cn1ccnc1)c1ccc(Cl)cc1Cl.CO. The lowest BCUT2D eigenvalue weighted by molar-refractivity contribution is 0.0608. The molecule has 4 nitrogen and oxygen atoms in total. The van der Waals surface area contributed by atoms with Crippen molar-refractivity contribution in [2.24, 2.45) is 0 Å². The number of hydrogen-bond acceptors (Lipinski definition) is 3. The first-order valence-corrected chi connectivity index (χ1v) is 7.04. The molecule has 0 aliphatic carbocycles. The van der Waals surface area contributed by atoms with E-state index in [9.17, 15) is 0 Å². The third kappa shape index (κ3) is 5.52. The van der Waals surface area contributed by atoms with Gasteiger partial charge in [-0.2, -0.15) is 0 Å². The summed E-state index contributed by atoms with van der Waals surface area (Å²) in [6.45, 7) is 4.75. The minimum absolute atomic E-state index is 0.169. The van der Waals surface area contributed by atoms with Crippen LogP contribution in [0, 0.1) is 0 Å². The lowest BCUT2D eigenvalue weighted by Crippen LogP contribution is -2.12. The Hall–Kier alpha value is -1.33. The third-order valence-electron chi connectivity index (χ3n) is 2.66. The highest BCUT2D eigenvalue weighted by atomic mass is 35.5. The maximum absolute atomic E-state index is 7.00. The van der Waals surface area contributed by atoms with Gasteiger partial charge in [-0.1, -0.05) is 35.3 Å². The molecule has 2 aromatic rings. The van der Waals surface area contributed by atoms with Crippen LogP contribution in [0.4, 0.5) is 0 Å². The third-order valence-corrected chi connectivity index (χ3v) is 3.22. The number of aliphatic hydroxyl groups is 1. The van der Waals surface area contributed by atoms with Crippen LogP contribution in [0.5, 0.6) is 0 Å². The van der Waals surface area contributed by atoms with E-state index in [1.54, 1.807) is 30.7 Å². The summed E-state index contributed by atoms with van der Waals surface area (Å²) in [4.78, 5) is 4.02. The van der Waals surface area contributed by atoms with Crippen molar-refractivity contribution < 1.29 is 9.84 Å². The smallest absolute Gasteiger partial charge is 0.102 e. The average molecular weight is 329 g/mol. The number of imidazole rings is 1. The first-order valence-electron chi connectivity index (χ1n) is 6.28. The predicted molar refractivity (Wildman–Crippen MR) is 85.7 cm³/mol. The molecule has 0 bridgehead atoms. The van der Waals surface area contributed by atoms with Gasteiger partial charge < -0.3 is 14.4 Å². The number of aliphatic hydroxyl groups excluding tert-OH is 1. The Balaban J connectivity index is 0.00000106. The zero-order chi connectivity index (χ0) is 15.7. The fraction of sp³-hybridized carbons (Fsp3) is 0.267. The molecule has 1 unspecified atom stereocenters. The normalized spacial score (nSPS) is 11.4. The van der Waals surface area contributed by atoms with E-state index in [2.05, 4.69) is 11.6 Å². The molecule has 1 aromatic heterocycles. The lowest BCUT2D eigenvalue weighted by atomic mass is 10.1. The van der Waals surface area contributed by atoms with E-state index in [-0.39, 0.29) is 6.10 Å². The largest absolute Gasteiger partial charge is 0.400 e. The molecule has 0 saturated heterocycles. The van der Waals surface area contributed by atoms with Crippen molar-refractivity contribution in [2.45, 2.75) is 12.6 Å². The van der Waals surface area contributed by atoms with E-state index in [1.165, 1.54) is 0 Å². The van der Waals surface area contributed by atoms with Gasteiger partial charge in [-0.05, 0) is 12.1 Å². The molecule has 0 amide bonds. The summed E-state index contributed by atoms with van der Waals surface area (Å²) < 4.78 is 7.72. The summed E-state index contributed by atoms with van der Waals surface area (Å²) in [6.07, 6.45) is 6.90. The molecule has 0 aliphatic heterocycles. The Morgan fingerprint density at radius 2 is 2.19 bits per heavy atom. The number of ether oxygens (including phenoxy) is 1. The summed E-state index contributed by atoms with van der Waals surface area (Å²) in [7, 11) is 1.00. The summed E-state index contributed by atoms with van der Waals surface area (Å²) >= 11 is 12.1. The van der Waals surface area contributed by atoms with Crippen molar-refractivity contribution in [2.75, 3.05) is 13.7 Å². The molecule has 0 fully saturated rings. The molecular formula is C15H18Cl2N2O2. The van der Waals surface area contributed by atoms with Gasteiger partial charge in [-0.15, -0.1) is 6.58 Å². The highest BCUT2D eigenvalue weighted by Crippen LogP contribution is 2.29. The summed E-state index contributed by atoms with van der Waals surface area (Å²) in [5.41, 5.74) is 0.904. The highest BCUT2D eigenvalue weighted by molar-refractivity contribution is 6.35. The van der Waals surface area contributed by atoms with Crippen molar-refractivity contribution in [3.8, 4) is 0 Å². The van der Waals surface area contributed by atoms with Gasteiger partial charge in [-0.25, -0.2) is 4.98 Å². The topological polar surface area (TPSA) is 47.3 Å². The number of hydrogen-bond donors (Lipinski definition) is 1. The van der Waals surface area contributed by atoms with Crippen LogP contribution in [0.3, 0.4) is 0 Å². The lowest BCUT2D eigenvalue weighted by Gasteiger charge is -2.19. The molecule has 0 radical (unpaired) electrons. The van der Waals surface area contributed by atoms with Crippen molar-refractivity contribution in [1.29, 1.82) is 0 Å². The Morgan fingerprint density at radius 3 is 2.76 bits per heavy atom. The summed E-state index contributed by atoms with van der Waals surface area (Å²) in [6, 6.07) is 5.41. The van der Waals surface area contributed by atoms with Gasteiger partial charge in [0, 0.05) is 35.1 Å². The highest BCUT2D eigenvalue weighted by Gasteiger charge is 2.16. The van der Waals surface area contributed by atoms with Crippen LogP contribution in [0.2, 0.25) is 10.0 Å². The minimum atomic E-state index is -0.169. The molecule has 0 spiro atoms. The van der Waals surface area contributed by atoms with Crippen molar-refractivity contribution in [1.82, 2.24) is 9.55 Å². The quantitative estimate of drug-likeness (QED) is 0.821. The second-order valence-corrected chi connectivity index (χ2v) is 4.88. The van der Waals surface area contributed by atoms with Crippen LogP contribution in [0.15, 0.2) is 49.6 Å². The molecule has 1 heterocycles. The molecule has 0 saturated carbocycles. The van der Waals surface area contributed by atoms with Gasteiger partial charge >= 0.3 is 0 Å². The number of benzene rings is 1. The molecule has 114 valence electrons. The minimum Gasteiger partial charge on any atom is -0.400 e. The van der Waals surface area contributed by atoms with E-state index in [4.69, 9.17) is 33.0 Å². The van der Waals surface area contributed by atoms with Gasteiger partial charge in [0.1, 0.15) is 6.10 Å².